The minimum atomic E-state index is -1.06. The van der Waals surface area contributed by atoms with E-state index >= 15 is 0 Å². The van der Waals surface area contributed by atoms with Gasteiger partial charge in [0.1, 0.15) is 41.7 Å². The summed E-state index contributed by atoms with van der Waals surface area (Å²) in [5, 5.41) is 32.5. The van der Waals surface area contributed by atoms with Crippen LogP contribution in [0.15, 0.2) is 131 Å². The number of rotatable bonds is 17. The summed E-state index contributed by atoms with van der Waals surface area (Å²) in [6.07, 6.45) is 6.55. The predicted octanol–water partition coefficient (Wildman–Crippen LogP) is 10.4. The van der Waals surface area contributed by atoms with Gasteiger partial charge in [-0.05, 0) is 118 Å². The zero-order valence-electron chi connectivity index (χ0n) is 38.0. The number of phenolic OH excluding ortho intramolecular Hbond substituents is 1. The number of hydrogen-bond acceptors (Lipinski definition) is 9. The van der Waals surface area contributed by atoms with Crippen molar-refractivity contribution in [3.63, 3.8) is 0 Å². The third-order valence-corrected chi connectivity index (χ3v) is 14.6. The number of fused-ring (bicyclic) bond motifs is 4. The van der Waals surface area contributed by atoms with Crippen molar-refractivity contribution in [2.24, 2.45) is 0 Å². The first-order valence-corrected chi connectivity index (χ1v) is 25.5. The summed E-state index contributed by atoms with van der Waals surface area (Å²) >= 11 is 5.64. The summed E-state index contributed by atoms with van der Waals surface area (Å²) in [5.74, 6) is 2.15. The van der Waals surface area contributed by atoms with Crippen LogP contribution in [0.5, 0.6) is 11.5 Å². The van der Waals surface area contributed by atoms with Gasteiger partial charge in [0.05, 0.1) is 11.6 Å². The van der Waals surface area contributed by atoms with Gasteiger partial charge in [-0.3, -0.25) is 4.79 Å². The second-order valence-electron chi connectivity index (χ2n) is 15.9. The monoisotopic (exact) mass is 952 g/mol. The van der Waals surface area contributed by atoms with Crippen LogP contribution < -0.4 is 35.5 Å². The van der Waals surface area contributed by atoms with Crippen LogP contribution in [0.25, 0.3) is 39.0 Å². The third kappa shape index (κ3) is 10.3. The van der Waals surface area contributed by atoms with Gasteiger partial charge < -0.3 is 40.2 Å². The summed E-state index contributed by atoms with van der Waals surface area (Å²) in [5.41, 5.74) is 8.63. The summed E-state index contributed by atoms with van der Waals surface area (Å²) in [7, 11) is 3.35. The number of amides is 1. The van der Waals surface area contributed by atoms with E-state index in [4.69, 9.17) is 21.4 Å². The number of carbonyl (C=O) groups is 2. The quantitative estimate of drug-likeness (QED) is 0.0196. The van der Waals surface area contributed by atoms with E-state index in [-0.39, 0.29) is 17.2 Å². The molecule has 4 aromatic carbocycles. The van der Waals surface area contributed by atoms with Crippen molar-refractivity contribution < 1.29 is 29.0 Å². The molecule has 2 heterocycles. The maximum absolute atomic E-state index is 14.0. The molecule has 2 aliphatic carbocycles. The maximum Gasteiger partial charge on any atom is 0.336 e. The first-order chi connectivity index (χ1) is 32.6. The number of carboxylic acids is 1. The molecule has 11 nitrogen and oxygen atoms in total. The Bertz CT molecular complexity index is 3000. The van der Waals surface area contributed by atoms with Crippen LogP contribution in [0.2, 0.25) is 0 Å². The summed E-state index contributed by atoms with van der Waals surface area (Å²) in [4.78, 5) is 28.8. The topological polar surface area (TPSA) is 139 Å². The average molecular weight is 953 g/mol. The molecule has 5 N–H and O–H groups in total. The van der Waals surface area contributed by atoms with Crippen molar-refractivity contribution in [1.82, 2.24) is 15.2 Å². The predicted molar refractivity (Wildman–Crippen MR) is 280 cm³/mol. The van der Waals surface area contributed by atoms with E-state index in [1.807, 2.05) is 42.5 Å². The summed E-state index contributed by atoms with van der Waals surface area (Å²) < 4.78 is 15.1. The Labute approximate surface area is 404 Å². The number of allylic oxidation sites excluding steroid dienone is 3. The Morgan fingerprint density at radius 1 is 0.806 bits per heavy atom. The van der Waals surface area contributed by atoms with Crippen LogP contribution in [0.4, 0.5) is 11.4 Å². The molecule has 0 atom stereocenters. The van der Waals surface area contributed by atoms with Crippen LogP contribution in [-0.4, -0.2) is 78.0 Å². The van der Waals surface area contributed by atoms with Crippen molar-refractivity contribution in [2.75, 3.05) is 61.0 Å². The molecule has 1 amide bonds. The van der Waals surface area contributed by atoms with Gasteiger partial charge in [-0.25, -0.2) is 9.37 Å². The number of aromatic carboxylic acids is 1. The van der Waals surface area contributed by atoms with Gasteiger partial charge in [0.2, 0.25) is 5.36 Å². The molecule has 2 aliphatic heterocycles. The highest BCUT2D eigenvalue weighted by Crippen LogP contribution is 2.46. The lowest BCUT2D eigenvalue weighted by Crippen LogP contribution is -2.30. The number of phenols is 1. The molecule has 0 unspecified atom stereocenters. The fourth-order valence-electron chi connectivity index (χ4n) is 8.66. The molecule has 0 saturated carbocycles. The Morgan fingerprint density at radius 3 is 2.33 bits per heavy atom. The van der Waals surface area contributed by atoms with Crippen LogP contribution in [0.1, 0.15) is 66.0 Å². The molecule has 0 bridgehead atoms. The van der Waals surface area contributed by atoms with Crippen molar-refractivity contribution in [2.45, 2.75) is 34.1 Å². The number of hydrogen-bond donors (Lipinski definition) is 5. The lowest BCUT2D eigenvalue weighted by molar-refractivity contribution is 0.0696. The van der Waals surface area contributed by atoms with E-state index in [1.165, 1.54) is 6.07 Å². The summed E-state index contributed by atoms with van der Waals surface area (Å²) in [6, 6.07) is 30.4. The maximum atomic E-state index is 14.0. The lowest BCUT2D eigenvalue weighted by atomic mass is 9.85. The second kappa shape index (κ2) is 21.4. The Hall–Kier alpha value is -6.48. The lowest BCUT2D eigenvalue weighted by Gasteiger charge is -2.27. The van der Waals surface area contributed by atoms with Crippen LogP contribution in [0.3, 0.4) is 0 Å². The first kappa shape index (κ1) is 47.0. The number of benzene rings is 5. The highest BCUT2D eigenvalue weighted by atomic mass is 33.1. The number of carbonyl (C=O) groups excluding carboxylic acids is 1. The van der Waals surface area contributed by atoms with E-state index in [9.17, 15) is 19.8 Å². The SMILES string of the molecule is CCN(CC)c1ccc2c(-c3ccccc3C(=O)NCCSSCCNC(=S)Nc3ccc(C(=O)O)c(C4=C5C=CCC=C5Oc5cc(O)ccc54)c3)c3ccc(=[N+](CC)CC)cc-3oc2c1. The van der Waals surface area contributed by atoms with E-state index in [0.717, 1.165) is 82.0 Å². The minimum Gasteiger partial charge on any atom is -0.508 e. The first-order valence-electron chi connectivity index (χ1n) is 22.6. The molecular formula is C53H54N5O6S3+. The van der Waals surface area contributed by atoms with Crippen LogP contribution in [0, 0.1) is 0 Å². The van der Waals surface area contributed by atoms with Crippen molar-refractivity contribution in [3.05, 3.63) is 154 Å². The van der Waals surface area contributed by atoms with Crippen LogP contribution in [-0.2, 0) is 0 Å². The molecule has 0 fully saturated rings. The van der Waals surface area contributed by atoms with Gasteiger partial charge in [0, 0.05) is 106 Å². The fraction of sp³-hybridized carbons (Fsp3) is 0.245. The van der Waals surface area contributed by atoms with E-state index in [2.05, 4.69) is 89.5 Å². The standard InChI is InChI=1S/C53H53N5O6S3/c1-5-57(6-2)34-18-22-41-46(30-34)64-47-31-35(58(7-3)8-4)19-23-42(47)49(41)37-13-9-10-14-38(37)51(60)54-25-27-66-67-28-26-55-53(65)56-33-17-21-39(52(61)62)44(29-33)50-40-15-11-12-16-45(40)63-48-32-36(59)20-24-43(48)50/h9-11,13-24,29-32H,5-8,12,25-28H2,1-4H3,(H4-,54,55,56,59,60,61,62,65)/p+1. The highest BCUT2D eigenvalue weighted by Gasteiger charge is 2.29. The second-order valence-corrected chi connectivity index (χ2v) is 19.0. The number of aromatic hydroxyl groups is 1. The fourth-order valence-corrected chi connectivity index (χ4v) is 10.7. The number of carboxylic acid groups (broad SMARTS) is 1. The zero-order chi connectivity index (χ0) is 47.0. The molecule has 0 spiro atoms. The molecule has 14 heteroatoms. The van der Waals surface area contributed by atoms with Gasteiger partial charge >= 0.3 is 5.97 Å². The van der Waals surface area contributed by atoms with Gasteiger partial charge in [-0.1, -0.05) is 51.9 Å². The van der Waals surface area contributed by atoms with Gasteiger partial charge in [-0.2, -0.15) is 0 Å². The molecule has 8 rings (SSSR count). The normalized spacial score (nSPS) is 12.8. The number of ether oxygens (including phenoxy) is 1. The minimum absolute atomic E-state index is 0.0532. The third-order valence-electron chi connectivity index (χ3n) is 11.9. The smallest absolute Gasteiger partial charge is 0.336 e. The Kier molecular flexibility index (Phi) is 15.0. The van der Waals surface area contributed by atoms with E-state index in [0.29, 0.717) is 69.8 Å². The molecule has 0 saturated heterocycles. The van der Waals surface area contributed by atoms with E-state index in [1.54, 1.807) is 51.9 Å². The summed E-state index contributed by atoms with van der Waals surface area (Å²) in [6.45, 7) is 13.2. The number of nitrogens with one attached hydrogen (secondary N) is 3. The van der Waals surface area contributed by atoms with Crippen LogP contribution >= 0.6 is 33.8 Å². The van der Waals surface area contributed by atoms with E-state index < -0.39 is 5.97 Å². The van der Waals surface area contributed by atoms with Crippen molar-refractivity contribution >= 4 is 78.7 Å². The number of nitrogens with zero attached hydrogens (tertiary/aromatic N) is 2. The molecule has 67 heavy (non-hydrogen) atoms. The zero-order valence-corrected chi connectivity index (χ0v) is 40.4. The van der Waals surface area contributed by atoms with Crippen molar-refractivity contribution in [3.8, 4) is 33.9 Å². The molecule has 344 valence electrons. The molecule has 0 radical (unpaired) electrons. The van der Waals surface area contributed by atoms with Crippen molar-refractivity contribution in [1.29, 1.82) is 0 Å². The largest absolute Gasteiger partial charge is 0.508 e. The average Bonchev–Trinajstić information content (AvgIpc) is 3.33. The molecule has 4 aliphatic rings. The van der Waals surface area contributed by atoms with Gasteiger partial charge in [0.25, 0.3) is 5.91 Å². The number of anilines is 2. The number of thiocarbonyl (C=S) groups is 1. The van der Waals surface area contributed by atoms with Gasteiger partial charge in [-0.15, -0.1) is 0 Å². The Morgan fingerprint density at radius 2 is 1.57 bits per heavy atom. The highest BCUT2D eigenvalue weighted by molar-refractivity contribution is 8.76. The van der Waals surface area contributed by atoms with Gasteiger partial charge in [0.15, 0.2) is 5.11 Å². The molecule has 4 aromatic rings. The Balaban J connectivity index is 0.893. The molecular weight excluding hydrogens is 899 g/mol. The molecule has 0 aromatic heterocycles.